The van der Waals surface area contributed by atoms with E-state index in [1.807, 2.05) is 38.2 Å². The largest absolute Gasteiger partial charge is 0.342 e. The average Bonchev–Trinajstić information content (AvgIpc) is 3.01. The molecule has 144 valence electrons. The van der Waals surface area contributed by atoms with Gasteiger partial charge in [-0.25, -0.2) is 4.98 Å². The number of rotatable bonds is 5. The van der Waals surface area contributed by atoms with Crippen molar-refractivity contribution in [3.8, 4) is 10.6 Å². The van der Waals surface area contributed by atoms with E-state index in [9.17, 15) is 9.59 Å². The number of unbranched alkanes of at least 4 members (excludes halogenated alkanes) is 1. The molecule has 0 saturated carbocycles. The Labute approximate surface area is 165 Å². The Hall–Kier alpha value is -2.21. The highest BCUT2D eigenvalue weighted by atomic mass is 32.1. The van der Waals surface area contributed by atoms with E-state index in [1.54, 1.807) is 21.1 Å². The Kier molecular flexibility index (Phi) is 5.95. The summed E-state index contributed by atoms with van der Waals surface area (Å²) in [5.74, 6) is -0.0187. The van der Waals surface area contributed by atoms with E-state index in [2.05, 4.69) is 18.8 Å². The lowest BCUT2D eigenvalue weighted by molar-refractivity contribution is -0.138. The third-order valence-corrected chi connectivity index (χ3v) is 6.31. The molecule has 0 N–H and O–H groups in total. The first kappa shape index (κ1) is 19.5. The predicted molar refractivity (Wildman–Crippen MR) is 109 cm³/mol. The second-order valence-electron chi connectivity index (χ2n) is 7.16. The second-order valence-corrected chi connectivity index (χ2v) is 8.36. The molecule has 3 rings (SSSR count). The van der Waals surface area contributed by atoms with Crippen LogP contribution in [0.25, 0.3) is 10.6 Å². The summed E-state index contributed by atoms with van der Waals surface area (Å²) in [7, 11) is 1.82. The van der Waals surface area contributed by atoms with Gasteiger partial charge in [-0.15, -0.1) is 11.3 Å². The Balaban J connectivity index is 1.87. The van der Waals surface area contributed by atoms with Gasteiger partial charge in [-0.2, -0.15) is 0 Å². The normalized spacial score (nSPS) is 17.5. The van der Waals surface area contributed by atoms with Gasteiger partial charge >= 0.3 is 0 Å². The summed E-state index contributed by atoms with van der Waals surface area (Å²) < 4.78 is 0. The summed E-state index contributed by atoms with van der Waals surface area (Å²) in [5, 5.41) is 0.927. The Morgan fingerprint density at radius 2 is 2.07 bits per heavy atom. The molecule has 0 radical (unpaired) electrons. The van der Waals surface area contributed by atoms with E-state index in [-0.39, 0.29) is 17.9 Å². The molecule has 0 aliphatic carbocycles. The quantitative estimate of drug-likeness (QED) is 0.784. The SMILES string of the molecule is CCCC[C@H]1C(=O)N(C)CCN1C(=O)c1cccc(-c2nc(C)c(C)s2)c1. The number of thiazole rings is 1. The number of aryl methyl sites for hydroxylation is 2. The van der Waals surface area contributed by atoms with E-state index < -0.39 is 0 Å². The Morgan fingerprint density at radius 3 is 2.74 bits per heavy atom. The molecule has 0 bridgehead atoms. The molecular weight excluding hydrogens is 358 g/mol. The molecule has 1 aliphatic rings. The van der Waals surface area contributed by atoms with Crippen LogP contribution in [0.3, 0.4) is 0 Å². The standard InChI is InChI=1S/C21H27N3O2S/c1-5-6-10-18-21(26)23(4)11-12-24(18)20(25)17-9-7-8-16(13-17)19-22-14(2)15(3)27-19/h7-9,13,18H,5-6,10-12H2,1-4H3/t18-/m0/s1. The number of piperazine rings is 1. The molecule has 5 nitrogen and oxygen atoms in total. The van der Waals surface area contributed by atoms with Crippen molar-refractivity contribution in [3.63, 3.8) is 0 Å². The average molecular weight is 386 g/mol. The van der Waals surface area contributed by atoms with Crippen LogP contribution in [0.1, 0.15) is 47.1 Å². The first-order valence-electron chi connectivity index (χ1n) is 9.52. The third kappa shape index (κ3) is 4.05. The van der Waals surface area contributed by atoms with Crippen LogP contribution in [0, 0.1) is 13.8 Å². The van der Waals surface area contributed by atoms with Crippen LogP contribution >= 0.6 is 11.3 Å². The zero-order chi connectivity index (χ0) is 19.6. The van der Waals surface area contributed by atoms with Crippen LogP contribution in [0.5, 0.6) is 0 Å². The highest BCUT2D eigenvalue weighted by Gasteiger charge is 2.35. The Morgan fingerprint density at radius 1 is 1.30 bits per heavy atom. The second kappa shape index (κ2) is 8.21. The maximum absolute atomic E-state index is 13.2. The highest BCUT2D eigenvalue weighted by molar-refractivity contribution is 7.15. The third-order valence-electron chi connectivity index (χ3n) is 5.19. The molecule has 6 heteroatoms. The minimum absolute atomic E-state index is 0.0466. The van der Waals surface area contributed by atoms with Crippen LogP contribution in [0.15, 0.2) is 24.3 Å². The lowest BCUT2D eigenvalue weighted by Crippen LogP contribution is -2.57. The molecule has 2 heterocycles. The van der Waals surface area contributed by atoms with Gasteiger partial charge in [-0.05, 0) is 32.4 Å². The molecule has 0 spiro atoms. The topological polar surface area (TPSA) is 53.5 Å². The fraction of sp³-hybridized carbons (Fsp3) is 0.476. The molecule has 1 aromatic heterocycles. The van der Waals surface area contributed by atoms with Gasteiger partial charge in [0, 0.05) is 36.1 Å². The first-order valence-corrected chi connectivity index (χ1v) is 10.3. The van der Waals surface area contributed by atoms with Crippen molar-refractivity contribution >= 4 is 23.2 Å². The van der Waals surface area contributed by atoms with Crippen molar-refractivity contribution in [1.82, 2.24) is 14.8 Å². The number of hydrogen-bond acceptors (Lipinski definition) is 4. The molecule has 1 saturated heterocycles. The van der Waals surface area contributed by atoms with Crippen molar-refractivity contribution < 1.29 is 9.59 Å². The number of carbonyl (C=O) groups excluding carboxylic acids is 2. The van der Waals surface area contributed by atoms with Crippen molar-refractivity contribution in [1.29, 1.82) is 0 Å². The summed E-state index contributed by atoms with van der Waals surface area (Å²) >= 11 is 1.64. The minimum Gasteiger partial charge on any atom is -0.342 e. The van der Waals surface area contributed by atoms with Crippen molar-refractivity contribution in [2.45, 2.75) is 46.1 Å². The molecule has 1 aliphatic heterocycles. The van der Waals surface area contributed by atoms with Crippen LogP contribution < -0.4 is 0 Å². The molecule has 1 fully saturated rings. The van der Waals surface area contributed by atoms with E-state index in [0.717, 1.165) is 35.5 Å². The number of benzene rings is 1. The molecule has 2 amide bonds. The lowest BCUT2D eigenvalue weighted by atomic mass is 10.0. The van der Waals surface area contributed by atoms with Gasteiger partial charge < -0.3 is 9.80 Å². The van der Waals surface area contributed by atoms with Crippen molar-refractivity contribution in [2.24, 2.45) is 0 Å². The highest BCUT2D eigenvalue weighted by Crippen LogP contribution is 2.28. The van der Waals surface area contributed by atoms with Gasteiger partial charge in [0.2, 0.25) is 5.91 Å². The maximum atomic E-state index is 13.2. The Bertz CT molecular complexity index is 826. The van der Waals surface area contributed by atoms with Crippen LogP contribution in [0.4, 0.5) is 0 Å². The summed E-state index contributed by atoms with van der Waals surface area (Å²) in [4.78, 5) is 35.1. The smallest absolute Gasteiger partial charge is 0.254 e. The van der Waals surface area contributed by atoms with E-state index in [1.165, 1.54) is 4.88 Å². The van der Waals surface area contributed by atoms with E-state index >= 15 is 0 Å². The lowest BCUT2D eigenvalue weighted by Gasteiger charge is -2.39. The molecule has 27 heavy (non-hydrogen) atoms. The summed E-state index contributed by atoms with van der Waals surface area (Å²) in [6.07, 6.45) is 2.66. The molecule has 1 atom stereocenters. The number of amides is 2. The number of likely N-dealkylation sites (N-methyl/N-ethyl adjacent to an activating group) is 1. The van der Waals surface area contributed by atoms with E-state index in [4.69, 9.17) is 0 Å². The van der Waals surface area contributed by atoms with Crippen LogP contribution in [0.2, 0.25) is 0 Å². The molecule has 2 aromatic rings. The van der Waals surface area contributed by atoms with Gasteiger partial charge in [0.1, 0.15) is 11.0 Å². The number of aromatic nitrogens is 1. The minimum atomic E-state index is -0.357. The molecule has 0 unspecified atom stereocenters. The maximum Gasteiger partial charge on any atom is 0.254 e. The molecular formula is C21H27N3O2S. The molecule has 1 aromatic carbocycles. The zero-order valence-corrected chi connectivity index (χ0v) is 17.3. The summed E-state index contributed by atoms with van der Waals surface area (Å²) in [5.41, 5.74) is 2.60. The predicted octanol–water partition coefficient (Wildman–Crippen LogP) is 3.90. The zero-order valence-electron chi connectivity index (χ0n) is 16.5. The van der Waals surface area contributed by atoms with Crippen LogP contribution in [-0.4, -0.2) is 52.8 Å². The van der Waals surface area contributed by atoms with Gasteiger partial charge in [0.15, 0.2) is 0 Å². The van der Waals surface area contributed by atoms with Crippen molar-refractivity contribution in [2.75, 3.05) is 20.1 Å². The van der Waals surface area contributed by atoms with Gasteiger partial charge in [-0.1, -0.05) is 31.9 Å². The van der Waals surface area contributed by atoms with Crippen LogP contribution in [-0.2, 0) is 4.79 Å². The van der Waals surface area contributed by atoms with Gasteiger partial charge in [0.25, 0.3) is 5.91 Å². The fourth-order valence-electron chi connectivity index (χ4n) is 3.38. The van der Waals surface area contributed by atoms with Gasteiger partial charge in [-0.3, -0.25) is 9.59 Å². The monoisotopic (exact) mass is 385 g/mol. The number of carbonyl (C=O) groups is 2. The summed E-state index contributed by atoms with van der Waals surface area (Å²) in [6, 6.07) is 7.26. The van der Waals surface area contributed by atoms with E-state index in [0.29, 0.717) is 18.7 Å². The fourth-order valence-corrected chi connectivity index (χ4v) is 4.29. The first-order chi connectivity index (χ1) is 12.9. The van der Waals surface area contributed by atoms with Crippen molar-refractivity contribution in [3.05, 3.63) is 40.4 Å². The number of nitrogens with zero attached hydrogens (tertiary/aromatic N) is 3. The number of hydrogen-bond donors (Lipinski definition) is 0. The van der Waals surface area contributed by atoms with Gasteiger partial charge in [0.05, 0.1) is 5.69 Å². The summed E-state index contributed by atoms with van der Waals surface area (Å²) in [6.45, 7) is 7.32.